The summed E-state index contributed by atoms with van der Waals surface area (Å²) in [6.07, 6.45) is 6.15. The van der Waals surface area contributed by atoms with E-state index in [1.807, 2.05) is 17.0 Å². The summed E-state index contributed by atoms with van der Waals surface area (Å²) in [6, 6.07) is 10.6. The first-order valence-corrected chi connectivity index (χ1v) is 11.1. The van der Waals surface area contributed by atoms with Crippen LogP contribution in [0.3, 0.4) is 0 Å². The van der Waals surface area contributed by atoms with E-state index >= 15 is 0 Å². The predicted octanol–water partition coefficient (Wildman–Crippen LogP) is 3.57. The zero-order valence-corrected chi connectivity index (χ0v) is 17.8. The lowest BCUT2D eigenvalue weighted by molar-refractivity contribution is -0.129. The Labute approximate surface area is 182 Å². The number of nitrogens with zero attached hydrogens (tertiary/aromatic N) is 2. The minimum absolute atomic E-state index is 0.0194. The van der Waals surface area contributed by atoms with Crippen molar-refractivity contribution in [2.24, 2.45) is 5.92 Å². The fourth-order valence-electron chi connectivity index (χ4n) is 4.62. The molecule has 2 heterocycles. The lowest BCUT2D eigenvalue weighted by atomic mass is 9.95. The molecule has 0 bridgehead atoms. The molecule has 1 unspecified atom stereocenters. The van der Waals surface area contributed by atoms with Crippen LogP contribution in [0.25, 0.3) is 0 Å². The van der Waals surface area contributed by atoms with Crippen molar-refractivity contribution in [3.05, 3.63) is 59.0 Å². The Bertz CT molecular complexity index is 839. The molecule has 1 aromatic carbocycles. The minimum atomic E-state index is -0.143. The molecule has 1 saturated heterocycles. The molecule has 4 rings (SSSR count). The maximum atomic E-state index is 13.1. The van der Waals surface area contributed by atoms with Gasteiger partial charge in [-0.15, -0.1) is 0 Å². The van der Waals surface area contributed by atoms with Gasteiger partial charge >= 0.3 is 0 Å². The van der Waals surface area contributed by atoms with E-state index in [4.69, 9.17) is 16.0 Å². The van der Waals surface area contributed by atoms with Crippen molar-refractivity contribution < 1.29 is 14.0 Å². The van der Waals surface area contributed by atoms with E-state index in [0.29, 0.717) is 49.2 Å². The smallest absolute Gasteiger partial charge is 0.253 e. The molecule has 6 nitrogen and oxygen atoms in total. The number of hydrogen-bond donors (Lipinski definition) is 1. The van der Waals surface area contributed by atoms with Gasteiger partial charge in [-0.2, -0.15) is 0 Å². The maximum Gasteiger partial charge on any atom is 0.253 e. The van der Waals surface area contributed by atoms with Crippen molar-refractivity contribution in [2.45, 2.75) is 38.3 Å². The summed E-state index contributed by atoms with van der Waals surface area (Å²) in [5.41, 5.74) is 0.649. The number of carbonyl (C=O) groups excluding carboxylic acids is 2. The molecule has 0 radical (unpaired) electrons. The zero-order chi connectivity index (χ0) is 20.9. The molecule has 1 saturated carbocycles. The summed E-state index contributed by atoms with van der Waals surface area (Å²) in [5, 5.41) is 3.68. The molecule has 1 aliphatic heterocycles. The van der Waals surface area contributed by atoms with Gasteiger partial charge in [0.05, 0.1) is 18.8 Å². The van der Waals surface area contributed by atoms with Crippen LogP contribution >= 0.6 is 11.6 Å². The van der Waals surface area contributed by atoms with Gasteiger partial charge in [-0.25, -0.2) is 0 Å². The molecule has 2 aromatic rings. The fraction of sp³-hybridized carbons (Fsp3) is 0.478. The Morgan fingerprint density at radius 3 is 2.40 bits per heavy atom. The van der Waals surface area contributed by atoms with Crippen molar-refractivity contribution in [1.82, 2.24) is 15.1 Å². The molecule has 160 valence electrons. The number of benzene rings is 1. The number of rotatable bonds is 6. The van der Waals surface area contributed by atoms with Crippen molar-refractivity contribution in [3.63, 3.8) is 0 Å². The van der Waals surface area contributed by atoms with Crippen molar-refractivity contribution in [2.75, 3.05) is 26.2 Å². The van der Waals surface area contributed by atoms with Crippen LogP contribution in [0.1, 0.15) is 41.8 Å². The van der Waals surface area contributed by atoms with Gasteiger partial charge in [0.1, 0.15) is 5.76 Å². The number of nitrogens with one attached hydrogen (secondary N) is 1. The van der Waals surface area contributed by atoms with Crippen molar-refractivity contribution in [1.29, 1.82) is 0 Å². The Morgan fingerprint density at radius 1 is 1.07 bits per heavy atom. The Hall–Kier alpha value is -2.31. The molecular formula is C23H28ClN3O3. The van der Waals surface area contributed by atoms with E-state index in [0.717, 1.165) is 18.6 Å². The molecule has 2 aliphatic rings. The van der Waals surface area contributed by atoms with Crippen molar-refractivity contribution >= 4 is 23.4 Å². The molecular weight excluding hydrogens is 402 g/mol. The lowest BCUT2D eigenvalue weighted by Gasteiger charge is -2.40. The molecule has 30 heavy (non-hydrogen) atoms. The Kier molecular flexibility index (Phi) is 6.75. The van der Waals surface area contributed by atoms with E-state index in [-0.39, 0.29) is 17.9 Å². The Balaban J connectivity index is 1.38. The second-order valence-electron chi connectivity index (χ2n) is 8.12. The standard InChI is InChI=1S/C23H28ClN3O3/c24-19-9-7-18(8-10-19)23(29)27-13-11-26(12-14-27)21(17-4-1-2-5-17)22(28)25-16-20-6-3-15-30-20/h3,6-10,15,17,21H,1-2,4-5,11-14,16H2,(H,25,28). The zero-order valence-electron chi connectivity index (χ0n) is 17.1. The normalized spacial score (nSPS) is 19.0. The number of amides is 2. The highest BCUT2D eigenvalue weighted by atomic mass is 35.5. The first kappa shape index (κ1) is 20.9. The summed E-state index contributed by atoms with van der Waals surface area (Å²) < 4.78 is 5.34. The SMILES string of the molecule is O=C(NCc1ccco1)C(C1CCCC1)N1CCN(C(=O)c2ccc(Cl)cc2)CC1. The second kappa shape index (κ2) is 9.67. The third kappa shape index (κ3) is 4.87. The Morgan fingerprint density at radius 2 is 1.77 bits per heavy atom. The maximum absolute atomic E-state index is 13.1. The van der Waals surface area contributed by atoms with Crippen LogP contribution in [-0.2, 0) is 11.3 Å². The monoisotopic (exact) mass is 429 g/mol. The van der Waals surface area contributed by atoms with E-state index in [9.17, 15) is 9.59 Å². The predicted molar refractivity (Wildman–Crippen MR) is 115 cm³/mol. The minimum Gasteiger partial charge on any atom is -0.467 e. The summed E-state index contributed by atoms with van der Waals surface area (Å²) in [4.78, 5) is 30.0. The largest absolute Gasteiger partial charge is 0.467 e. The van der Waals surface area contributed by atoms with Crippen LogP contribution in [0.4, 0.5) is 0 Å². The molecule has 7 heteroatoms. The molecule has 1 atom stereocenters. The molecule has 2 fully saturated rings. The highest BCUT2D eigenvalue weighted by Gasteiger charge is 2.37. The first-order valence-electron chi connectivity index (χ1n) is 10.7. The van der Waals surface area contributed by atoms with E-state index in [2.05, 4.69) is 10.2 Å². The van der Waals surface area contributed by atoms with Crippen LogP contribution in [0.15, 0.2) is 47.1 Å². The van der Waals surface area contributed by atoms with Gasteiger partial charge in [-0.3, -0.25) is 14.5 Å². The van der Waals surface area contributed by atoms with Gasteiger partial charge in [0.25, 0.3) is 5.91 Å². The number of halogens is 1. The summed E-state index contributed by atoms with van der Waals surface area (Å²) in [5.74, 6) is 1.22. The van der Waals surface area contributed by atoms with Crippen LogP contribution in [0, 0.1) is 5.92 Å². The third-order valence-corrected chi connectivity index (χ3v) is 6.47. The van der Waals surface area contributed by atoms with Gasteiger partial charge in [-0.05, 0) is 55.2 Å². The van der Waals surface area contributed by atoms with Crippen LogP contribution in [0.5, 0.6) is 0 Å². The van der Waals surface area contributed by atoms with E-state index in [1.54, 1.807) is 30.5 Å². The molecule has 0 spiro atoms. The second-order valence-corrected chi connectivity index (χ2v) is 8.56. The van der Waals surface area contributed by atoms with Crippen LogP contribution in [-0.4, -0.2) is 53.8 Å². The molecule has 1 aliphatic carbocycles. The fourth-order valence-corrected chi connectivity index (χ4v) is 4.75. The third-order valence-electron chi connectivity index (χ3n) is 6.22. The number of piperazine rings is 1. The topological polar surface area (TPSA) is 65.8 Å². The van der Waals surface area contributed by atoms with Gasteiger partial charge in [0.15, 0.2) is 0 Å². The summed E-state index contributed by atoms with van der Waals surface area (Å²) in [6.45, 7) is 3.06. The van der Waals surface area contributed by atoms with Gasteiger partial charge in [0, 0.05) is 36.8 Å². The van der Waals surface area contributed by atoms with E-state index in [1.165, 1.54) is 12.8 Å². The highest BCUT2D eigenvalue weighted by molar-refractivity contribution is 6.30. The quantitative estimate of drug-likeness (QED) is 0.762. The number of furan rings is 1. The summed E-state index contributed by atoms with van der Waals surface area (Å²) in [7, 11) is 0. The summed E-state index contributed by atoms with van der Waals surface area (Å²) >= 11 is 5.93. The molecule has 1 N–H and O–H groups in total. The van der Waals surface area contributed by atoms with Crippen LogP contribution < -0.4 is 5.32 Å². The van der Waals surface area contributed by atoms with Gasteiger partial charge in [-0.1, -0.05) is 24.4 Å². The van der Waals surface area contributed by atoms with Crippen molar-refractivity contribution in [3.8, 4) is 0 Å². The molecule has 1 aromatic heterocycles. The van der Waals surface area contributed by atoms with Gasteiger partial charge in [0.2, 0.25) is 5.91 Å². The van der Waals surface area contributed by atoms with E-state index < -0.39 is 0 Å². The number of carbonyl (C=O) groups is 2. The molecule has 2 amide bonds. The number of hydrogen-bond acceptors (Lipinski definition) is 4. The lowest BCUT2D eigenvalue weighted by Crippen LogP contribution is -2.57. The van der Waals surface area contributed by atoms with Crippen LogP contribution in [0.2, 0.25) is 5.02 Å². The average Bonchev–Trinajstić information content (AvgIpc) is 3.48. The average molecular weight is 430 g/mol. The first-order chi connectivity index (χ1) is 14.6. The highest BCUT2D eigenvalue weighted by Crippen LogP contribution is 2.31. The van der Waals surface area contributed by atoms with Gasteiger partial charge < -0.3 is 14.6 Å².